The van der Waals surface area contributed by atoms with Gasteiger partial charge in [0, 0.05) is 0 Å². The molecule has 0 saturated heterocycles. The van der Waals surface area contributed by atoms with Crippen LogP contribution in [0.4, 0.5) is 0 Å². The van der Waals surface area contributed by atoms with Crippen molar-refractivity contribution in [3.63, 3.8) is 0 Å². The summed E-state index contributed by atoms with van der Waals surface area (Å²) in [6.45, 7) is 2.20. The Bertz CT molecular complexity index is 386. The molecule has 3 rings (SSSR count). The van der Waals surface area contributed by atoms with Gasteiger partial charge >= 0.3 is 169 Å². The van der Waals surface area contributed by atoms with E-state index in [9.17, 15) is 4.79 Å². The minimum absolute atomic E-state index is 0.106. The second-order valence-electron chi connectivity index (χ2n) is 9.91. The zero-order chi connectivity index (χ0) is 19.0. The number of carbonyl (C=O) groups is 1. The summed E-state index contributed by atoms with van der Waals surface area (Å²) in [6, 6.07) is 0. The Balaban J connectivity index is 1.77. The van der Waals surface area contributed by atoms with Crippen molar-refractivity contribution in [2.45, 2.75) is 133 Å². The molecule has 0 aliphatic heterocycles. The molecule has 0 radical (unpaired) electrons. The Morgan fingerprint density at radius 2 is 1.11 bits per heavy atom. The van der Waals surface area contributed by atoms with Crippen LogP contribution in [0.1, 0.15) is 116 Å². The SMILES string of the molecule is CC(=O)OCCCC[PH](C1CCCCC1)(C1CCCCC1)C1CCCCC1. The summed E-state index contributed by atoms with van der Waals surface area (Å²) in [5.41, 5.74) is 3.35. The zero-order valence-electron chi connectivity index (χ0n) is 18.0. The molecule has 0 spiro atoms. The molecule has 0 amide bonds. The van der Waals surface area contributed by atoms with Crippen LogP contribution in [0.25, 0.3) is 0 Å². The van der Waals surface area contributed by atoms with Crippen LogP contribution in [0, 0.1) is 0 Å². The van der Waals surface area contributed by atoms with Crippen LogP contribution >= 0.6 is 7.26 Å². The van der Waals surface area contributed by atoms with Crippen LogP contribution < -0.4 is 0 Å². The molecule has 0 N–H and O–H groups in total. The van der Waals surface area contributed by atoms with E-state index in [1.165, 1.54) is 64.2 Å². The van der Waals surface area contributed by atoms with Gasteiger partial charge in [-0.25, -0.2) is 0 Å². The van der Waals surface area contributed by atoms with Crippen molar-refractivity contribution in [2.75, 3.05) is 12.8 Å². The molecule has 27 heavy (non-hydrogen) atoms. The number of rotatable bonds is 8. The third-order valence-electron chi connectivity index (χ3n) is 8.41. The molecule has 3 aliphatic rings. The summed E-state index contributed by atoms with van der Waals surface area (Å²) < 4.78 is 5.27. The molecule has 0 aromatic rings. The number of carbonyl (C=O) groups excluding carboxylic acids is 1. The van der Waals surface area contributed by atoms with Gasteiger partial charge in [-0.05, 0) is 0 Å². The fourth-order valence-corrected chi connectivity index (χ4v) is 15.8. The third-order valence-corrected chi connectivity index (χ3v) is 15.9. The van der Waals surface area contributed by atoms with Crippen molar-refractivity contribution in [1.82, 2.24) is 0 Å². The average Bonchev–Trinajstić information content (AvgIpc) is 2.73. The molecule has 158 valence electrons. The fourth-order valence-electron chi connectivity index (χ4n) is 7.28. The monoisotopic (exact) mass is 396 g/mol. The van der Waals surface area contributed by atoms with Gasteiger partial charge in [-0.15, -0.1) is 0 Å². The van der Waals surface area contributed by atoms with E-state index in [1.807, 2.05) is 0 Å². The Morgan fingerprint density at radius 1 is 0.704 bits per heavy atom. The van der Waals surface area contributed by atoms with Gasteiger partial charge in [0.15, 0.2) is 0 Å². The Morgan fingerprint density at radius 3 is 1.48 bits per heavy atom. The summed E-state index contributed by atoms with van der Waals surface area (Å²) in [4.78, 5) is 11.1. The zero-order valence-corrected chi connectivity index (χ0v) is 19.0. The van der Waals surface area contributed by atoms with Crippen LogP contribution in [0.15, 0.2) is 0 Å². The second-order valence-corrected chi connectivity index (χ2v) is 15.1. The predicted molar refractivity (Wildman–Crippen MR) is 120 cm³/mol. The number of ether oxygens (including phenoxy) is 1. The van der Waals surface area contributed by atoms with E-state index >= 15 is 0 Å². The van der Waals surface area contributed by atoms with E-state index in [0.717, 1.165) is 23.4 Å². The van der Waals surface area contributed by atoms with Gasteiger partial charge in [0.05, 0.1) is 0 Å². The molecular formula is C24H45O2P. The Hall–Kier alpha value is -0.100. The van der Waals surface area contributed by atoms with Gasteiger partial charge < -0.3 is 0 Å². The minimum atomic E-state index is -1.31. The van der Waals surface area contributed by atoms with Crippen molar-refractivity contribution < 1.29 is 9.53 Å². The van der Waals surface area contributed by atoms with Crippen LogP contribution in [-0.4, -0.2) is 35.7 Å². The molecule has 0 bridgehead atoms. The number of hydrogen-bond donors (Lipinski definition) is 0. The molecule has 3 saturated carbocycles. The standard InChI is InChI=1S/C24H45O2P/c1-21(25)26-19-11-12-20-27(22-13-5-2-6-14-22,23-15-7-3-8-16-23)24-17-9-4-10-18-24/h22-24,27H,2-20H2,1H3. The summed E-state index contributed by atoms with van der Waals surface area (Å²) in [7, 11) is -1.31. The summed E-state index contributed by atoms with van der Waals surface area (Å²) >= 11 is 0. The normalized spacial score (nSPS) is 24.6. The molecule has 3 heteroatoms. The number of unbranched alkanes of at least 4 members (excludes halogenated alkanes) is 1. The molecule has 3 aliphatic carbocycles. The van der Waals surface area contributed by atoms with E-state index in [1.54, 1.807) is 51.6 Å². The van der Waals surface area contributed by atoms with Crippen molar-refractivity contribution >= 4 is 13.2 Å². The first-order chi connectivity index (χ1) is 13.2. The number of hydrogen-bond acceptors (Lipinski definition) is 2. The molecule has 0 unspecified atom stereocenters. The molecule has 2 nitrogen and oxygen atoms in total. The van der Waals surface area contributed by atoms with Crippen LogP contribution in [0.2, 0.25) is 0 Å². The van der Waals surface area contributed by atoms with Crippen molar-refractivity contribution in [3.8, 4) is 0 Å². The van der Waals surface area contributed by atoms with E-state index in [4.69, 9.17) is 4.74 Å². The first-order valence-electron chi connectivity index (χ1n) is 12.4. The summed E-state index contributed by atoms with van der Waals surface area (Å²) in [6.07, 6.45) is 26.8. The molecule has 0 aromatic heterocycles. The summed E-state index contributed by atoms with van der Waals surface area (Å²) in [5, 5.41) is 0. The van der Waals surface area contributed by atoms with Crippen molar-refractivity contribution in [1.29, 1.82) is 0 Å². The van der Waals surface area contributed by atoms with E-state index in [0.29, 0.717) is 6.61 Å². The Labute approximate surface area is 168 Å². The van der Waals surface area contributed by atoms with Crippen LogP contribution in [0.3, 0.4) is 0 Å². The second kappa shape index (κ2) is 11.2. The predicted octanol–water partition coefficient (Wildman–Crippen LogP) is 7.08. The Kier molecular flexibility index (Phi) is 8.95. The van der Waals surface area contributed by atoms with E-state index in [-0.39, 0.29) is 5.97 Å². The quantitative estimate of drug-likeness (QED) is 0.249. The van der Waals surface area contributed by atoms with Gasteiger partial charge in [0.1, 0.15) is 0 Å². The average molecular weight is 397 g/mol. The van der Waals surface area contributed by atoms with Gasteiger partial charge in [0.25, 0.3) is 0 Å². The first-order valence-corrected chi connectivity index (χ1v) is 14.8. The molecular weight excluding hydrogens is 351 g/mol. The van der Waals surface area contributed by atoms with E-state index in [2.05, 4.69) is 0 Å². The molecule has 0 heterocycles. The molecule has 0 aromatic carbocycles. The summed E-state index contributed by atoms with van der Waals surface area (Å²) in [5.74, 6) is -0.106. The maximum absolute atomic E-state index is 11.1. The molecule has 0 atom stereocenters. The van der Waals surface area contributed by atoms with Gasteiger partial charge in [-0.1, -0.05) is 0 Å². The molecule has 3 fully saturated rings. The van der Waals surface area contributed by atoms with Crippen molar-refractivity contribution in [3.05, 3.63) is 0 Å². The van der Waals surface area contributed by atoms with Crippen LogP contribution in [0.5, 0.6) is 0 Å². The third kappa shape index (κ3) is 5.71. The first kappa shape index (κ1) is 21.6. The topological polar surface area (TPSA) is 26.3 Å². The maximum atomic E-state index is 11.1. The number of esters is 1. The van der Waals surface area contributed by atoms with Crippen molar-refractivity contribution in [2.24, 2.45) is 0 Å². The fraction of sp³-hybridized carbons (Fsp3) is 0.958. The van der Waals surface area contributed by atoms with Crippen LogP contribution in [-0.2, 0) is 9.53 Å². The van der Waals surface area contributed by atoms with Gasteiger partial charge in [-0.3, -0.25) is 0 Å². The van der Waals surface area contributed by atoms with Gasteiger partial charge in [0.2, 0.25) is 0 Å². The van der Waals surface area contributed by atoms with Gasteiger partial charge in [-0.2, -0.15) is 0 Å². The van der Waals surface area contributed by atoms with E-state index < -0.39 is 7.26 Å².